The quantitative estimate of drug-likeness (QED) is 0.316. The molecule has 1 saturated heterocycles. The zero-order valence-corrected chi connectivity index (χ0v) is 20.6. The number of amides is 3. The van der Waals surface area contributed by atoms with Gasteiger partial charge in [-0.1, -0.05) is 67.6 Å². The number of benzene rings is 3. The third-order valence-corrected chi connectivity index (χ3v) is 7.39. The molecule has 1 aliphatic rings. The van der Waals surface area contributed by atoms with E-state index in [9.17, 15) is 14.4 Å². The van der Waals surface area contributed by atoms with Crippen LogP contribution in [0.5, 0.6) is 5.75 Å². The molecule has 0 spiro atoms. The first-order valence-corrected chi connectivity index (χ1v) is 12.5. The van der Waals surface area contributed by atoms with E-state index in [4.69, 9.17) is 4.74 Å². The number of imide groups is 1. The minimum Gasteiger partial charge on any atom is -0.496 e. The number of nitrogens with zero attached hydrogens (tertiary/aromatic N) is 2. The third kappa shape index (κ3) is 5.41. The Morgan fingerprint density at radius 2 is 1.63 bits per heavy atom. The molecule has 0 bridgehead atoms. The minimum atomic E-state index is -0.859. The van der Waals surface area contributed by atoms with Gasteiger partial charge >= 0.3 is 0 Å². The van der Waals surface area contributed by atoms with Gasteiger partial charge < -0.3 is 9.64 Å². The van der Waals surface area contributed by atoms with Crippen molar-refractivity contribution in [2.24, 2.45) is 0 Å². The highest BCUT2D eigenvalue weighted by molar-refractivity contribution is 8.00. The zero-order valence-electron chi connectivity index (χ0n) is 19.8. The van der Waals surface area contributed by atoms with E-state index in [1.54, 1.807) is 36.3 Å². The molecule has 1 fully saturated rings. The summed E-state index contributed by atoms with van der Waals surface area (Å²) >= 11 is 1.42. The average Bonchev–Trinajstić information content (AvgIpc) is 3.20. The van der Waals surface area contributed by atoms with Gasteiger partial charge in [-0.05, 0) is 36.2 Å². The predicted molar refractivity (Wildman–Crippen MR) is 137 cm³/mol. The first kappa shape index (κ1) is 24.5. The minimum absolute atomic E-state index is 0.0396. The first-order chi connectivity index (χ1) is 17.0. The molecular formula is C28H28N2O4S. The Kier molecular flexibility index (Phi) is 7.87. The van der Waals surface area contributed by atoms with Gasteiger partial charge in [0.25, 0.3) is 5.91 Å². The second-order valence-electron chi connectivity index (χ2n) is 8.24. The van der Waals surface area contributed by atoms with E-state index >= 15 is 0 Å². The second-order valence-corrected chi connectivity index (χ2v) is 9.48. The van der Waals surface area contributed by atoms with E-state index in [0.717, 1.165) is 10.5 Å². The predicted octanol–water partition coefficient (Wildman–Crippen LogP) is 4.93. The Morgan fingerprint density at radius 3 is 2.29 bits per heavy atom. The van der Waals surface area contributed by atoms with E-state index < -0.39 is 11.3 Å². The van der Waals surface area contributed by atoms with Crippen LogP contribution in [0.15, 0.2) is 89.8 Å². The summed E-state index contributed by atoms with van der Waals surface area (Å²) in [5, 5.41) is -0.441. The van der Waals surface area contributed by atoms with E-state index in [0.29, 0.717) is 17.9 Å². The van der Waals surface area contributed by atoms with Gasteiger partial charge in [0, 0.05) is 6.54 Å². The highest BCUT2D eigenvalue weighted by Crippen LogP contribution is 2.35. The van der Waals surface area contributed by atoms with Gasteiger partial charge in [-0.2, -0.15) is 0 Å². The molecule has 3 aromatic carbocycles. The smallest absolute Gasteiger partial charge is 0.257 e. The van der Waals surface area contributed by atoms with Gasteiger partial charge in [-0.15, -0.1) is 11.8 Å². The Balaban J connectivity index is 1.65. The lowest BCUT2D eigenvalue weighted by molar-refractivity contribution is -0.138. The average molecular weight is 489 g/mol. The van der Waals surface area contributed by atoms with Crippen LogP contribution in [0.3, 0.4) is 0 Å². The summed E-state index contributed by atoms with van der Waals surface area (Å²) < 4.78 is 5.47. The molecule has 1 aliphatic heterocycles. The van der Waals surface area contributed by atoms with Crippen molar-refractivity contribution in [3.63, 3.8) is 0 Å². The largest absolute Gasteiger partial charge is 0.496 e. The van der Waals surface area contributed by atoms with Crippen molar-refractivity contribution in [3.8, 4) is 5.75 Å². The molecule has 6 nitrogen and oxygen atoms in total. The van der Waals surface area contributed by atoms with Gasteiger partial charge in [0.2, 0.25) is 11.8 Å². The summed E-state index contributed by atoms with van der Waals surface area (Å²) in [5.41, 5.74) is 1.42. The van der Waals surface area contributed by atoms with Crippen molar-refractivity contribution < 1.29 is 19.1 Å². The SMILES string of the molecule is CCC(Sc1ccccc1OC)C(=O)N(Cc1ccccc1)C1CC(=O)N(c2ccccc2)C1=O. The molecule has 180 valence electrons. The van der Waals surface area contributed by atoms with Crippen molar-refractivity contribution in [2.45, 2.75) is 42.5 Å². The Morgan fingerprint density at radius 1 is 1.00 bits per heavy atom. The summed E-state index contributed by atoms with van der Waals surface area (Å²) in [6, 6.07) is 25.1. The lowest BCUT2D eigenvalue weighted by Gasteiger charge is -2.31. The van der Waals surface area contributed by atoms with Crippen LogP contribution < -0.4 is 9.64 Å². The summed E-state index contributed by atoms with van der Waals surface area (Å²) in [5.74, 6) is -0.154. The normalized spacial score (nSPS) is 16.3. The van der Waals surface area contributed by atoms with Gasteiger partial charge in [0.1, 0.15) is 11.8 Å². The molecule has 3 amide bonds. The first-order valence-electron chi connectivity index (χ1n) is 11.6. The highest BCUT2D eigenvalue weighted by Gasteiger charge is 2.45. The van der Waals surface area contributed by atoms with Gasteiger partial charge in [-0.3, -0.25) is 14.4 Å². The molecule has 0 saturated carbocycles. The number of rotatable bonds is 9. The zero-order chi connectivity index (χ0) is 24.8. The molecule has 7 heteroatoms. The number of methoxy groups -OCH3 is 1. The van der Waals surface area contributed by atoms with Gasteiger partial charge in [0.15, 0.2) is 0 Å². The van der Waals surface area contributed by atoms with E-state index in [2.05, 4.69) is 0 Å². The maximum atomic E-state index is 13.9. The topological polar surface area (TPSA) is 66.9 Å². The highest BCUT2D eigenvalue weighted by atomic mass is 32.2. The number of hydrogen-bond acceptors (Lipinski definition) is 5. The number of hydrogen-bond donors (Lipinski definition) is 0. The Bertz CT molecular complexity index is 1190. The molecule has 3 aromatic rings. The molecule has 35 heavy (non-hydrogen) atoms. The number of para-hydroxylation sites is 2. The van der Waals surface area contributed by atoms with Crippen LogP contribution in [0.1, 0.15) is 25.3 Å². The number of thioether (sulfide) groups is 1. The molecule has 2 atom stereocenters. The molecule has 0 aromatic heterocycles. The van der Waals surface area contributed by atoms with E-state index in [1.807, 2.05) is 67.6 Å². The van der Waals surface area contributed by atoms with Crippen molar-refractivity contribution in [2.75, 3.05) is 12.0 Å². The van der Waals surface area contributed by atoms with Crippen LogP contribution in [-0.2, 0) is 20.9 Å². The maximum Gasteiger partial charge on any atom is 0.257 e. The lowest BCUT2D eigenvalue weighted by atomic mass is 10.1. The van der Waals surface area contributed by atoms with E-state index in [1.165, 1.54) is 16.7 Å². The second kappa shape index (κ2) is 11.2. The molecular weight excluding hydrogens is 460 g/mol. The van der Waals surface area contributed by atoms with Crippen LogP contribution in [0.4, 0.5) is 5.69 Å². The number of anilines is 1. The number of carbonyl (C=O) groups excluding carboxylic acids is 3. The number of ether oxygens (including phenoxy) is 1. The lowest BCUT2D eigenvalue weighted by Crippen LogP contribution is -2.48. The molecule has 0 radical (unpaired) electrons. The summed E-state index contributed by atoms with van der Waals surface area (Å²) in [4.78, 5) is 44.0. The maximum absolute atomic E-state index is 13.9. The van der Waals surface area contributed by atoms with E-state index in [-0.39, 0.29) is 30.7 Å². The van der Waals surface area contributed by atoms with Crippen LogP contribution in [0, 0.1) is 0 Å². The fourth-order valence-corrected chi connectivity index (χ4v) is 5.33. The Hall–Kier alpha value is -3.58. The molecule has 1 heterocycles. The van der Waals surface area contributed by atoms with Gasteiger partial charge in [-0.25, -0.2) is 4.90 Å². The van der Waals surface area contributed by atoms with Gasteiger partial charge in [0.05, 0.1) is 29.4 Å². The third-order valence-electron chi connectivity index (χ3n) is 5.98. The van der Waals surface area contributed by atoms with Crippen LogP contribution in [0.25, 0.3) is 0 Å². The molecule has 0 aliphatic carbocycles. The summed E-state index contributed by atoms with van der Waals surface area (Å²) in [6.07, 6.45) is 0.520. The van der Waals surface area contributed by atoms with Crippen LogP contribution in [0.2, 0.25) is 0 Å². The van der Waals surface area contributed by atoms with Crippen LogP contribution in [-0.4, -0.2) is 41.0 Å². The molecule has 2 unspecified atom stereocenters. The van der Waals surface area contributed by atoms with Crippen molar-refractivity contribution in [1.82, 2.24) is 4.90 Å². The van der Waals surface area contributed by atoms with Crippen LogP contribution >= 0.6 is 11.8 Å². The van der Waals surface area contributed by atoms with Crippen molar-refractivity contribution in [3.05, 3.63) is 90.5 Å². The molecule has 0 N–H and O–H groups in total. The molecule has 4 rings (SSSR count). The fourth-order valence-electron chi connectivity index (χ4n) is 4.19. The standard InChI is InChI=1S/C28H28N2O4S/c1-3-24(35-25-17-11-10-16-23(25)34-2)28(33)29(19-20-12-6-4-7-13-20)22-18-26(31)30(27(22)32)21-14-8-5-9-15-21/h4-17,22,24H,3,18-19H2,1-2H3. The fraction of sp³-hybridized carbons (Fsp3) is 0.250. The van der Waals surface area contributed by atoms with Crippen molar-refractivity contribution >= 4 is 35.2 Å². The Labute approximate surface area is 209 Å². The monoisotopic (exact) mass is 488 g/mol. The number of carbonyl (C=O) groups is 3. The summed E-state index contributed by atoms with van der Waals surface area (Å²) in [6.45, 7) is 2.19. The summed E-state index contributed by atoms with van der Waals surface area (Å²) in [7, 11) is 1.60. The van der Waals surface area contributed by atoms with Crippen molar-refractivity contribution in [1.29, 1.82) is 0 Å².